The minimum Gasteiger partial charge on any atom is -0.481 e. The number of amides is 2. The average molecular weight is 410 g/mol. The molecular formula is C16H18N4O5S2. The van der Waals surface area contributed by atoms with Crippen LogP contribution in [0.5, 0.6) is 11.6 Å². The monoisotopic (exact) mass is 410 g/mol. The van der Waals surface area contributed by atoms with Crippen molar-refractivity contribution in [1.82, 2.24) is 14.7 Å². The Labute approximate surface area is 161 Å². The number of ether oxygens (including phenoxy) is 1. The number of methoxy groups -OCH3 is 1. The largest absolute Gasteiger partial charge is 0.481 e. The molecule has 0 aliphatic carbocycles. The summed E-state index contributed by atoms with van der Waals surface area (Å²) in [4.78, 5) is 20.0. The second-order valence-electron chi connectivity index (χ2n) is 5.87. The number of nitrogens with one attached hydrogen (secondary N) is 2. The first-order chi connectivity index (χ1) is 12.8. The van der Waals surface area contributed by atoms with Gasteiger partial charge < -0.3 is 8.92 Å². The Bertz CT molecular complexity index is 981. The number of nitrogens with zero attached hydrogens (tertiary/aromatic N) is 2. The highest BCUT2D eigenvalue weighted by Gasteiger charge is 2.28. The van der Waals surface area contributed by atoms with Crippen molar-refractivity contribution in [2.24, 2.45) is 0 Å². The van der Waals surface area contributed by atoms with Gasteiger partial charge >= 0.3 is 6.03 Å². The number of rotatable bonds is 4. The summed E-state index contributed by atoms with van der Waals surface area (Å²) < 4.78 is 37.8. The third-order valence-electron chi connectivity index (χ3n) is 3.65. The first kappa shape index (κ1) is 19.2. The fourth-order valence-corrected chi connectivity index (χ4v) is 4.34. The Morgan fingerprint density at radius 3 is 2.89 bits per heavy atom. The van der Waals surface area contributed by atoms with E-state index in [0.29, 0.717) is 12.1 Å². The maximum Gasteiger partial charge on any atom is 0.335 e. The molecule has 27 heavy (non-hydrogen) atoms. The molecule has 0 radical (unpaired) electrons. The maximum absolute atomic E-state index is 12.6. The van der Waals surface area contributed by atoms with Crippen LogP contribution in [-0.4, -0.2) is 36.8 Å². The summed E-state index contributed by atoms with van der Waals surface area (Å²) in [5.74, 6) is 0.418. The van der Waals surface area contributed by atoms with Gasteiger partial charge in [-0.1, -0.05) is 12.1 Å². The topological polar surface area (TPSA) is 120 Å². The number of aromatic nitrogens is 2. The van der Waals surface area contributed by atoms with E-state index in [1.165, 1.54) is 25.2 Å². The lowest BCUT2D eigenvalue weighted by Crippen LogP contribution is -2.35. The van der Waals surface area contributed by atoms with E-state index >= 15 is 0 Å². The molecule has 0 fully saturated rings. The molecule has 0 spiro atoms. The first-order valence-electron chi connectivity index (χ1n) is 7.97. The van der Waals surface area contributed by atoms with E-state index in [4.69, 9.17) is 8.92 Å². The number of sulfonamides is 1. The zero-order valence-corrected chi connectivity index (χ0v) is 16.5. The van der Waals surface area contributed by atoms with Crippen LogP contribution < -0.4 is 19.0 Å². The predicted molar refractivity (Wildman–Crippen MR) is 100 cm³/mol. The van der Waals surface area contributed by atoms with Crippen LogP contribution in [0.1, 0.15) is 18.2 Å². The summed E-state index contributed by atoms with van der Waals surface area (Å²) in [5.41, 5.74) is 1.33. The number of benzene rings is 1. The van der Waals surface area contributed by atoms with E-state index in [9.17, 15) is 13.2 Å². The molecule has 1 aliphatic rings. The second-order valence-corrected chi connectivity index (χ2v) is 8.69. The number of anilines is 1. The molecule has 0 saturated heterocycles. The van der Waals surface area contributed by atoms with Crippen molar-refractivity contribution in [3.05, 3.63) is 35.5 Å². The molecule has 1 unspecified atom stereocenters. The smallest absolute Gasteiger partial charge is 0.335 e. The normalized spacial score (nSPS) is 16.0. The summed E-state index contributed by atoms with van der Waals surface area (Å²) in [5, 5.41) is 2.50. The van der Waals surface area contributed by atoms with Crippen LogP contribution in [0.15, 0.2) is 29.2 Å². The zero-order chi connectivity index (χ0) is 19.6. The van der Waals surface area contributed by atoms with Crippen molar-refractivity contribution in [2.45, 2.75) is 30.4 Å². The molecule has 1 aromatic heterocycles. The van der Waals surface area contributed by atoms with Gasteiger partial charge in [0, 0.05) is 17.0 Å². The SMILES string of the molecule is COc1cc(C)nc(NC(=O)NS(=O)(=O)c2cccc3c2OSC(C)C3)n1. The van der Waals surface area contributed by atoms with Gasteiger partial charge in [-0.2, -0.15) is 4.98 Å². The minimum absolute atomic E-state index is 0.0738. The molecule has 11 heteroatoms. The van der Waals surface area contributed by atoms with Gasteiger partial charge in [-0.15, -0.1) is 0 Å². The summed E-state index contributed by atoms with van der Waals surface area (Å²) >= 11 is 1.19. The highest BCUT2D eigenvalue weighted by atomic mass is 32.2. The molecule has 2 heterocycles. The quantitative estimate of drug-likeness (QED) is 0.737. The number of hydrogen-bond acceptors (Lipinski definition) is 8. The van der Waals surface area contributed by atoms with Crippen molar-refractivity contribution in [2.75, 3.05) is 12.4 Å². The van der Waals surface area contributed by atoms with E-state index in [0.717, 1.165) is 5.56 Å². The van der Waals surface area contributed by atoms with Crippen molar-refractivity contribution < 1.29 is 22.1 Å². The summed E-state index contributed by atoms with van der Waals surface area (Å²) in [7, 11) is -2.73. The number of hydrogen-bond donors (Lipinski definition) is 2. The number of carbonyl (C=O) groups is 1. The van der Waals surface area contributed by atoms with Crippen LogP contribution in [0.2, 0.25) is 0 Å². The molecule has 2 amide bonds. The molecular weight excluding hydrogens is 392 g/mol. The molecule has 1 atom stereocenters. The highest BCUT2D eigenvalue weighted by Crippen LogP contribution is 2.37. The number of aryl methyl sites for hydroxylation is 1. The lowest BCUT2D eigenvalue weighted by Gasteiger charge is -2.22. The number of urea groups is 1. The van der Waals surface area contributed by atoms with E-state index in [1.807, 2.05) is 11.6 Å². The molecule has 9 nitrogen and oxygen atoms in total. The van der Waals surface area contributed by atoms with Crippen LogP contribution in [0.3, 0.4) is 0 Å². The molecule has 0 saturated carbocycles. The van der Waals surface area contributed by atoms with Crippen molar-refractivity contribution in [1.29, 1.82) is 0 Å². The van der Waals surface area contributed by atoms with Crippen LogP contribution in [-0.2, 0) is 16.4 Å². The number of para-hydroxylation sites is 1. The highest BCUT2D eigenvalue weighted by molar-refractivity contribution is 7.95. The van der Waals surface area contributed by atoms with E-state index in [2.05, 4.69) is 15.3 Å². The standard InChI is InChI=1S/C16H18N4O5S2/c1-9-7-13(24-3)18-15(17-9)19-16(21)20-27(22,23)12-6-4-5-11-8-10(2)26-25-14(11)12/h4-7,10H,8H2,1-3H3,(H2,17,18,19,20,21). The Morgan fingerprint density at radius 2 is 2.15 bits per heavy atom. The maximum atomic E-state index is 12.6. The van der Waals surface area contributed by atoms with Crippen LogP contribution in [0.25, 0.3) is 0 Å². The van der Waals surface area contributed by atoms with Crippen LogP contribution >= 0.6 is 12.0 Å². The summed E-state index contributed by atoms with van der Waals surface area (Å²) in [6.45, 7) is 3.67. The molecule has 2 N–H and O–H groups in total. The molecule has 2 aromatic rings. The summed E-state index contributed by atoms with van der Waals surface area (Å²) in [6.07, 6.45) is 0.673. The average Bonchev–Trinajstić information content (AvgIpc) is 2.59. The van der Waals surface area contributed by atoms with Gasteiger partial charge in [-0.25, -0.2) is 22.9 Å². The molecule has 1 aromatic carbocycles. The van der Waals surface area contributed by atoms with Gasteiger partial charge in [0.1, 0.15) is 4.90 Å². The molecule has 3 rings (SSSR count). The van der Waals surface area contributed by atoms with Gasteiger partial charge in [-0.3, -0.25) is 5.32 Å². The van der Waals surface area contributed by atoms with Crippen LogP contribution in [0, 0.1) is 6.92 Å². The van der Waals surface area contributed by atoms with Crippen molar-refractivity contribution in [3.63, 3.8) is 0 Å². The Balaban J connectivity index is 1.80. The number of fused-ring (bicyclic) bond motifs is 1. The number of carbonyl (C=O) groups excluding carboxylic acids is 1. The lowest BCUT2D eigenvalue weighted by molar-refractivity contribution is 0.256. The van der Waals surface area contributed by atoms with Gasteiger partial charge in [0.15, 0.2) is 5.75 Å². The fraction of sp³-hybridized carbons (Fsp3) is 0.312. The zero-order valence-electron chi connectivity index (χ0n) is 14.8. The van der Waals surface area contributed by atoms with Crippen LogP contribution in [0.4, 0.5) is 10.7 Å². The first-order valence-corrected chi connectivity index (χ1v) is 10.3. The third kappa shape index (κ3) is 4.42. The molecule has 0 bridgehead atoms. The van der Waals surface area contributed by atoms with Gasteiger partial charge in [0.05, 0.1) is 19.2 Å². The summed E-state index contributed by atoms with van der Waals surface area (Å²) in [6, 6.07) is 5.39. The Morgan fingerprint density at radius 1 is 1.37 bits per heavy atom. The lowest BCUT2D eigenvalue weighted by atomic mass is 10.1. The molecule has 144 valence electrons. The van der Waals surface area contributed by atoms with Gasteiger partial charge in [0.25, 0.3) is 10.0 Å². The minimum atomic E-state index is -4.15. The van der Waals surface area contributed by atoms with E-state index in [-0.39, 0.29) is 27.7 Å². The van der Waals surface area contributed by atoms with Crippen molar-refractivity contribution in [3.8, 4) is 11.6 Å². The van der Waals surface area contributed by atoms with E-state index < -0.39 is 16.1 Å². The fourth-order valence-electron chi connectivity index (χ4n) is 2.51. The predicted octanol–water partition coefficient (Wildman–Crippen LogP) is 2.28. The van der Waals surface area contributed by atoms with Gasteiger partial charge in [0.2, 0.25) is 11.8 Å². The molecule has 1 aliphatic heterocycles. The van der Waals surface area contributed by atoms with Crippen molar-refractivity contribution >= 4 is 34.0 Å². The third-order valence-corrected chi connectivity index (χ3v) is 5.76. The second kappa shape index (κ2) is 7.61. The van der Waals surface area contributed by atoms with E-state index in [1.54, 1.807) is 25.1 Å². The Hall–Kier alpha value is -2.53. The Kier molecular flexibility index (Phi) is 5.42. The van der Waals surface area contributed by atoms with Gasteiger partial charge in [-0.05, 0) is 31.9 Å².